The largest absolute Gasteiger partial charge is 0.449 e. The van der Waals surface area contributed by atoms with Crippen molar-refractivity contribution in [1.82, 2.24) is 0 Å². The number of carbonyl (C=O) groups is 2. The third kappa shape index (κ3) is 4.61. The van der Waals surface area contributed by atoms with Crippen molar-refractivity contribution in [2.24, 2.45) is 0 Å². The van der Waals surface area contributed by atoms with Crippen LogP contribution in [0.2, 0.25) is 10.0 Å². The summed E-state index contributed by atoms with van der Waals surface area (Å²) < 4.78 is 5.11. The zero-order valence-corrected chi connectivity index (χ0v) is 13.7. The summed E-state index contributed by atoms with van der Waals surface area (Å²) in [4.78, 5) is 24.1. The van der Waals surface area contributed by atoms with Gasteiger partial charge in [-0.2, -0.15) is 0 Å². The van der Waals surface area contributed by atoms with Crippen molar-refractivity contribution >= 4 is 46.5 Å². The first-order valence-electron chi connectivity index (χ1n) is 6.69. The van der Waals surface area contributed by atoms with Gasteiger partial charge in [-0.15, -0.1) is 0 Å². The third-order valence-corrected chi connectivity index (χ3v) is 3.49. The van der Waals surface area contributed by atoms with Crippen LogP contribution in [0.5, 0.6) is 0 Å². The van der Waals surface area contributed by atoms with Crippen molar-refractivity contribution in [2.45, 2.75) is 13.0 Å². The highest BCUT2D eigenvalue weighted by molar-refractivity contribution is 6.31. The van der Waals surface area contributed by atoms with Crippen molar-refractivity contribution in [3.8, 4) is 0 Å². The smallest absolute Gasteiger partial charge is 0.341 e. The number of benzene rings is 2. The molecule has 0 aliphatic rings. The summed E-state index contributed by atoms with van der Waals surface area (Å²) in [5.74, 6) is -1.16. The van der Waals surface area contributed by atoms with Gasteiger partial charge in [0.15, 0.2) is 6.10 Å². The standard InChI is InChI=1S/C16H14Cl2N2O3/c1-9(15(21)20-12-5-2-10(17)3-6-12)23-16(22)13-7-4-11(18)8-14(13)19/h2-9H,19H2,1H3,(H,20,21)/t9-/m0/s1. The number of hydrogen-bond acceptors (Lipinski definition) is 4. The summed E-state index contributed by atoms with van der Waals surface area (Å²) in [6.45, 7) is 1.47. The second-order valence-electron chi connectivity index (χ2n) is 4.78. The number of nitrogens with one attached hydrogen (secondary N) is 1. The minimum Gasteiger partial charge on any atom is -0.449 e. The Morgan fingerprint density at radius 2 is 1.70 bits per heavy atom. The van der Waals surface area contributed by atoms with Gasteiger partial charge in [-0.05, 0) is 49.4 Å². The Labute approximate surface area is 143 Å². The first-order valence-corrected chi connectivity index (χ1v) is 7.45. The number of rotatable bonds is 4. The van der Waals surface area contributed by atoms with Gasteiger partial charge in [-0.3, -0.25) is 4.79 Å². The lowest BCUT2D eigenvalue weighted by Gasteiger charge is -2.14. The molecular formula is C16H14Cl2N2O3. The molecule has 5 nitrogen and oxygen atoms in total. The van der Waals surface area contributed by atoms with Crippen molar-refractivity contribution in [1.29, 1.82) is 0 Å². The SMILES string of the molecule is C[C@H](OC(=O)c1ccc(Cl)cc1N)C(=O)Nc1ccc(Cl)cc1. The Balaban J connectivity index is 2.00. The molecule has 0 bridgehead atoms. The number of nitrogen functional groups attached to an aromatic ring is 1. The maximum absolute atomic E-state index is 12.0. The molecule has 3 N–H and O–H groups in total. The minimum atomic E-state index is -0.992. The zero-order valence-electron chi connectivity index (χ0n) is 12.2. The summed E-state index contributed by atoms with van der Waals surface area (Å²) >= 11 is 11.5. The van der Waals surface area contributed by atoms with Gasteiger partial charge in [0.1, 0.15) is 0 Å². The average molecular weight is 353 g/mol. The van der Waals surface area contributed by atoms with Crippen molar-refractivity contribution in [2.75, 3.05) is 11.1 Å². The van der Waals surface area contributed by atoms with Crippen LogP contribution < -0.4 is 11.1 Å². The van der Waals surface area contributed by atoms with Gasteiger partial charge >= 0.3 is 5.97 Å². The van der Waals surface area contributed by atoms with E-state index in [1.165, 1.54) is 25.1 Å². The molecule has 0 saturated heterocycles. The highest BCUT2D eigenvalue weighted by atomic mass is 35.5. The van der Waals surface area contributed by atoms with E-state index in [1.807, 2.05) is 0 Å². The van der Waals surface area contributed by atoms with E-state index in [2.05, 4.69) is 5.32 Å². The van der Waals surface area contributed by atoms with E-state index >= 15 is 0 Å². The summed E-state index contributed by atoms with van der Waals surface area (Å²) in [6, 6.07) is 11.0. The van der Waals surface area contributed by atoms with Crippen molar-refractivity contribution < 1.29 is 14.3 Å². The molecule has 2 aromatic rings. The fourth-order valence-corrected chi connectivity index (χ4v) is 2.08. The molecule has 0 heterocycles. The van der Waals surface area contributed by atoms with E-state index in [9.17, 15) is 9.59 Å². The predicted molar refractivity (Wildman–Crippen MR) is 90.8 cm³/mol. The Kier molecular flexibility index (Phi) is 5.47. The van der Waals surface area contributed by atoms with Crippen LogP contribution in [0, 0.1) is 0 Å². The minimum absolute atomic E-state index is 0.153. The molecule has 0 spiro atoms. The van der Waals surface area contributed by atoms with E-state index < -0.39 is 18.0 Å². The van der Waals surface area contributed by atoms with Crippen LogP contribution in [-0.2, 0) is 9.53 Å². The molecule has 120 valence electrons. The number of anilines is 2. The monoisotopic (exact) mass is 352 g/mol. The maximum Gasteiger partial charge on any atom is 0.341 e. The first kappa shape index (κ1) is 17.1. The second-order valence-corrected chi connectivity index (χ2v) is 5.65. The van der Waals surface area contributed by atoms with E-state index in [0.717, 1.165) is 0 Å². The first-order chi connectivity index (χ1) is 10.9. The molecule has 0 saturated carbocycles. The Morgan fingerprint density at radius 3 is 2.30 bits per heavy atom. The van der Waals surface area contributed by atoms with Gasteiger partial charge in [0.25, 0.3) is 5.91 Å². The molecule has 0 unspecified atom stereocenters. The quantitative estimate of drug-likeness (QED) is 0.648. The summed E-state index contributed by atoms with van der Waals surface area (Å²) in [5.41, 5.74) is 6.60. The summed E-state index contributed by atoms with van der Waals surface area (Å²) in [7, 11) is 0. The summed E-state index contributed by atoms with van der Waals surface area (Å²) in [6.07, 6.45) is -0.992. The fourth-order valence-electron chi connectivity index (χ4n) is 1.77. The fraction of sp³-hybridized carbons (Fsp3) is 0.125. The van der Waals surface area contributed by atoms with Gasteiger partial charge < -0.3 is 15.8 Å². The van der Waals surface area contributed by atoms with Crippen molar-refractivity contribution in [3.05, 3.63) is 58.1 Å². The van der Waals surface area contributed by atoms with Gasteiger partial charge in [0, 0.05) is 21.4 Å². The highest BCUT2D eigenvalue weighted by Crippen LogP contribution is 2.19. The second kappa shape index (κ2) is 7.35. The molecule has 0 fully saturated rings. The molecule has 0 aliphatic heterocycles. The Hall–Kier alpha value is -2.24. The van der Waals surface area contributed by atoms with Crippen LogP contribution >= 0.6 is 23.2 Å². The normalized spacial score (nSPS) is 11.6. The van der Waals surface area contributed by atoms with Crippen LogP contribution in [0.3, 0.4) is 0 Å². The van der Waals surface area contributed by atoms with Crippen LogP contribution in [0.15, 0.2) is 42.5 Å². The van der Waals surface area contributed by atoms with Gasteiger partial charge in [0.2, 0.25) is 0 Å². The lowest BCUT2D eigenvalue weighted by Crippen LogP contribution is -2.30. The lowest BCUT2D eigenvalue weighted by atomic mass is 10.2. The molecule has 0 radical (unpaired) electrons. The van der Waals surface area contributed by atoms with E-state index in [-0.39, 0.29) is 11.3 Å². The Bertz CT molecular complexity index is 733. The molecule has 2 aromatic carbocycles. The number of carbonyl (C=O) groups excluding carboxylic acids is 2. The summed E-state index contributed by atoms with van der Waals surface area (Å²) in [5, 5.41) is 3.59. The molecule has 23 heavy (non-hydrogen) atoms. The third-order valence-electron chi connectivity index (χ3n) is 3.00. The Morgan fingerprint density at radius 1 is 1.09 bits per heavy atom. The highest BCUT2D eigenvalue weighted by Gasteiger charge is 2.20. The topological polar surface area (TPSA) is 81.4 Å². The number of hydrogen-bond donors (Lipinski definition) is 2. The number of halogens is 2. The number of ether oxygens (including phenoxy) is 1. The van der Waals surface area contributed by atoms with Crippen LogP contribution in [0.1, 0.15) is 17.3 Å². The molecular weight excluding hydrogens is 339 g/mol. The van der Waals surface area contributed by atoms with Crippen LogP contribution in [0.25, 0.3) is 0 Å². The predicted octanol–water partition coefficient (Wildman–Crippen LogP) is 3.76. The molecule has 0 aromatic heterocycles. The van der Waals surface area contributed by atoms with E-state index in [0.29, 0.717) is 15.7 Å². The van der Waals surface area contributed by atoms with Crippen molar-refractivity contribution in [3.63, 3.8) is 0 Å². The number of nitrogens with two attached hydrogens (primary N) is 1. The van der Waals surface area contributed by atoms with Gasteiger partial charge in [-0.1, -0.05) is 23.2 Å². The average Bonchev–Trinajstić information content (AvgIpc) is 2.49. The van der Waals surface area contributed by atoms with E-state index in [1.54, 1.807) is 24.3 Å². The van der Waals surface area contributed by atoms with Crippen LogP contribution in [0.4, 0.5) is 11.4 Å². The van der Waals surface area contributed by atoms with Gasteiger partial charge in [0.05, 0.1) is 5.56 Å². The molecule has 7 heteroatoms. The van der Waals surface area contributed by atoms with Gasteiger partial charge in [-0.25, -0.2) is 4.79 Å². The number of esters is 1. The zero-order chi connectivity index (χ0) is 17.0. The lowest BCUT2D eigenvalue weighted by molar-refractivity contribution is -0.123. The number of amides is 1. The molecule has 0 aliphatic carbocycles. The van der Waals surface area contributed by atoms with E-state index in [4.69, 9.17) is 33.7 Å². The molecule has 1 amide bonds. The van der Waals surface area contributed by atoms with Crippen LogP contribution in [-0.4, -0.2) is 18.0 Å². The molecule has 2 rings (SSSR count). The molecule has 1 atom stereocenters. The maximum atomic E-state index is 12.0.